The molecule has 1 saturated carbocycles. The van der Waals surface area contributed by atoms with Crippen molar-refractivity contribution in [2.24, 2.45) is 5.92 Å². The molecule has 2 fully saturated rings. The maximum atomic E-state index is 12.0. The van der Waals surface area contributed by atoms with Gasteiger partial charge in [0.1, 0.15) is 0 Å². The molecule has 0 bridgehead atoms. The molecule has 0 aromatic heterocycles. The highest BCUT2D eigenvalue weighted by Crippen LogP contribution is 2.44. The van der Waals surface area contributed by atoms with E-state index in [1.54, 1.807) is 6.08 Å². The van der Waals surface area contributed by atoms with E-state index in [1.807, 2.05) is 13.0 Å². The van der Waals surface area contributed by atoms with E-state index in [4.69, 9.17) is 9.47 Å². The molecular formula is C21H28O3. The SMILES string of the molecule is CC1OC2(CCCC(C=CC(=O)CCCCc3ccccc3)C2)O1. The molecule has 130 valence electrons. The van der Waals surface area contributed by atoms with Gasteiger partial charge in [-0.2, -0.15) is 0 Å². The number of rotatable bonds is 7. The van der Waals surface area contributed by atoms with Crippen LogP contribution in [0, 0.1) is 5.92 Å². The van der Waals surface area contributed by atoms with E-state index in [2.05, 4.69) is 30.3 Å². The number of ether oxygens (including phenoxy) is 2. The Hall–Kier alpha value is -1.45. The molecule has 24 heavy (non-hydrogen) atoms. The van der Waals surface area contributed by atoms with E-state index >= 15 is 0 Å². The molecule has 0 radical (unpaired) electrons. The fourth-order valence-corrected chi connectivity index (χ4v) is 3.83. The Morgan fingerprint density at radius 2 is 2.04 bits per heavy atom. The summed E-state index contributed by atoms with van der Waals surface area (Å²) in [6, 6.07) is 10.5. The molecule has 1 atom stereocenters. The molecule has 1 unspecified atom stereocenters. The summed E-state index contributed by atoms with van der Waals surface area (Å²) >= 11 is 0. The highest BCUT2D eigenvalue weighted by atomic mass is 16.9. The minimum Gasteiger partial charge on any atom is -0.321 e. The van der Waals surface area contributed by atoms with Gasteiger partial charge < -0.3 is 9.47 Å². The van der Waals surface area contributed by atoms with Crippen molar-refractivity contribution in [2.45, 2.75) is 70.4 Å². The van der Waals surface area contributed by atoms with Gasteiger partial charge in [-0.15, -0.1) is 0 Å². The Morgan fingerprint density at radius 3 is 2.79 bits per heavy atom. The van der Waals surface area contributed by atoms with E-state index in [-0.39, 0.29) is 17.9 Å². The van der Waals surface area contributed by atoms with Crippen molar-refractivity contribution in [3.05, 3.63) is 48.0 Å². The van der Waals surface area contributed by atoms with Crippen LogP contribution in [0.3, 0.4) is 0 Å². The molecule has 1 heterocycles. The first-order chi connectivity index (χ1) is 11.7. The zero-order chi connectivity index (χ0) is 16.8. The summed E-state index contributed by atoms with van der Waals surface area (Å²) in [5.41, 5.74) is 1.35. The van der Waals surface area contributed by atoms with Gasteiger partial charge in [0.25, 0.3) is 0 Å². The van der Waals surface area contributed by atoms with E-state index in [9.17, 15) is 4.79 Å². The Morgan fingerprint density at radius 1 is 1.25 bits per heavy atom. The second-order valence-electron chi connectivity index (χ2n) is 7.09. The number of ketones is 1. The molecule has 1 aromatic carbocycles. The molecule has 0 N–H and O–H groups in total. The maximum Gasteiger partial charge on any atom is 0.175 e. The van der Waals surface area contributed by atoms with Crippen molar-refractivity contribution in [3.63, 3.8) is 0 Å². The first-order valence-corrected chi connectivity index (χ1v) is 9.26. The number of unbranched alkanes of at least 4 members (excludes halogenated alkanes) is 1. The lowest BCUT2D eigenvalue weighted by Crippen LogP contribution is -2.54. The molecule has 1 aliphatic heterocycles. The van der Waals surface area contributed by atoms with E-state index in [0.717, 1.165) is 44.9 Å². The van der Waals surface area contributed by atoms with Crippen LogP contribution in [0.1, 0.15) is 57.4 Å². The minimum absolute atomic E-state index is 0.0704. The van der Waals surface area contributed by atoms with Crippen molar-refractivity contribution in [3.8, 4) is 0 Å². The highest BCUT2D eigenvalue weighted by Gasteiger charge is 2.47. The average molecular weight is 328 g/mol. The molecule has 3 rings (SSSR count). The van der Waals surface area contributed by atoms with Crippen LogP contribution in [0.4, 0.5) is 0 Å². The van der Waals surface area contributed by atoms with Crippen molar-refractivity contribution in [2.75, 3.05) is 0 Å². The third kappa shape index (κ3) is 4.78. The van der Waals surface area contributed by atoms with Gasteiger partial charge in [-0.25, -0.2) is 0 Å². The summed E-state index contributed by atoms with van der Waals surface area (Å²) in [5.74, 6) is 0.289. The summed E-state index contributed by atoms with van der Waals surface area (Å²) in [7, 11) is 0. The number of carbonyl (C=O) groups excluding carboxylic acids is 1. The molecule has 3 nitrogen and oxygen atoms in total. The van der Waals surface area contributed by atoms with E-state index < -0.39 is 0 Å². The predicted octanol–water partition coefficient (Wildman–Crippen LogP) is 4.80. The van der Waals surface area contributed by atoms with Crippen molar-refractivity contribution < 1.29 is 14.3 Å². The second-order valence-corrected chi connectivity index (χ2v) is 7.09. The van der Waals surface area contributed by atoms with Crippen LogP contribution >= 0.6 is 0 Å². The molecule has 1 aliphatic carbocycles. The lowest BCUT2D eigenvalue weighted by molar-refractivity contribution is -0.455. The zero-order valence-electron chi connectivity index (χ0n) is 14.6. The summed E-state index contributed by atoms with van der Waals surface area (Å²) in [5, 5.41) is 0. The standard InChI is InChI=1S/C21H28O3/c1-17-23-21(24-17)15-7-11-19(16-21)13-14-20(22)12-6-5-10-18-8-3-2-4-9-18/h2-4,8-9,13-14,17,19H,5-7,10-12,15-16H2,1H3. The Kier molecular flexibility index (Phi) is 5.85. The van der Waals surface area contributed by atoms with Gasteiger partial charge in [-0.1, -0.05) is 36.4 Å². The van der Waals surface area contributed by atoms with Crippen LogP contribution in [0.15, 0.2) is 42.5 Å². The molecule has 3 heteroatoms. The van der Waals surface area contributed by atoms with Crippen LogP contribution in [-0.4, -0.2) is 17.9 Å². The average Bonchev–Trinajstić information content (AvgIpc) is 2.57. The number of allylic oxidation sites excluding steroid dienone is 2. The number of aryl methyl sites for hydroxylation is 1. The van der Waals surface area contributed by atoms with Gasteiger partial charge in [0.05, 0.1) is 0 Å². The van der Waals surface area contributed by atoms with Gasteiger partial charge in [-0.05, 0) is 56.6 Å². The zero-order valence-corrected chi connectivity index (χ0v) is 14.6. The van der Waals surface area contributed by atoms with Crippen LogP contribution in [0.2, 0.25) is 0 Å². The monoisotopic (exact) mass is 328 g/mol. The number of hydrogen-bond acceptors (Lipinski definition) is 3. The molecule has 0 amide bonds. The predicted molar refractivity (Wildman–Crippen MR) is 94.5 cm³/mol. The van der Waals surface area contributed by atoms with Gasteiger partial charge in [0, 0.05) is 19.3 Å². The second kappa shape index (κ2) is 8.09. The largest absolute Gasteiger partial charge is 0.321 e. The third-order valence-electron chi connectivity index (χ3n) is 5.00. The van der Waals surface area contributed by atoms with Crippen LogP contribution in [-0.2, 0) is 20.7 Å². The quantitative estimate of drug-likeness (QED) is 0.532. The third-order valence-corrected chi connectivity index (χ3v) is 5.00. The number of carbonyl (C=O) groups is 1. The summed E-state index contributed by atoms with van der Waals surface area (Å²) in [6.45, 7) is 1.93. The summed E-state index contributed by atoms with van der Waals surface area (Å²) in [6.07, 6.45) is 11.6. The van der Waals surface area contributed by atoms with Crippen LogP contribution in [0.5, 0.6) is 0 Å². The topological polar surface area (TPSA) is 35.5 Å². The molecule has 2 aliphatic rings. The van der Waals surface area contributed by atoms with Gasteiger partial charge >= 0.3 is 0 Å². The normalized spacial score (nSPS) is 29.7. The summed E-state index contributed by atoms with van der Waals surface area (Å²) in [4.78, 5) is 12.0. The Bertz CT molecular complexity index is 552. The lowest BCUT2D eigenvalue weighted by Gasteiger charge is -2.50. The van der Waals surface area contributed by atoms with E-state index in [1.165, 1.54) is 5.56 Å². The Labute approximate surface area is 145 Å². The van der Waals surface area contributed by atoms with Crippen molar-refractivity contribution in [1.82, 2.24) is 0 Å². The molecule has 1 spiro atoms. The summed E-state index contributed by atoms with van der Waals surface area (Å²) < 4.78 is 11.6. The number of benzene rings is 1. The first kappa shape index (κ1) is 17.4. The minimum atomic E-state index is -0.356. The molecule has 1 saturated heterocycles. The van der Waals surface area contributed by atoms with Crippen LogP contribution < -0.4 is 0 Å². The highest BCUT2D eigenvalue weighted by molar-refractivity contribution is 5.89. The van der Waals surface area contributed by atoms with E-state index in [0.29, 0.717) is 12.3 Å². The maximum absolute atomic E-state index is 12.0. The Balaban J connectivity index is 1.35. The van der Waals surface area contributed by atoms with Gasteiger partial charge in [0.2, 0.25) is 0 Å². The van der Waals surface area contributed by atoms with Crippen molar-refractivity contribution in [1.29, 1.82) is 0 Å². The lowest BCUT2D eigenvalue weighted by atomic mass is 9.83. The molecule has 1 aromatic rings. The first-order valence-electron chi connectivity index (χ1n) is 9.26. The molecular weight excluding hydrogens is 300 g/mol. The van der Waals surface area contributed by atoms with Gasteiger partial charge in [-0.3, -0.25) is 4.79 Å². The van der Waals surface area contributed by atoms with Crippen molar-refractivity contribution >= 4 is 5.78 Å². The fourth-order valence-electron chi connectivity index (χ4n) is 3.83. The fraction of sp³-hybridized carbons (Fsp3) is 0.571. The smallest absolute Gasteiger partial charge is 0.175 e. The van der Waals surface area contributed by atoms with Crippen LogP contribution in [0.25, 0.3) is 0 Å². The number of hydrogen-bond donors (Lipinski definition) is 0. The van der Waals surface area contributed by atoms with Gasteiger partial charge in [0.15, 0.2) is 17.9 Å².